The van der Waals surface area contributed by atoms with Gasteiger partial charge in [-0.15, -0.1) is 0 Å². The molecule has 1 amide bonds. The molecule has 112 valence electrons. The van der Waals surface area contributed by atoms with Gasteiger partial charge in [0.25, 0.3) is 11.6 Å². The topological polar surface area (TPSA) is 79.6 Å². The van der Waals surface area contributed by atoms with Gasteiger partial charge >= 0.3 is 0 Å². The maximum atomic E-state index is 12.6. The number of benzene rings is 1. The van der Waals surface area contributed by atoms with Crippen molar-refractivity contribution in [2.24, 2.45) is 0 Å². The Morgan fingerprint density at radius 2 is 1.86 bits per heavy atom. The highest BCUT2D eigenvalue weighted by atomic mass is 16.6. The predicted octanol–water partition coefficient (Wildman–Crippen LogP) is 2.21. The van der Waals surface area contributed by atoms with Crippen molar-refractivity contribution in [1.82, 2.24) is 9.88 Å². The first-order valence-electron chi connectivity index (χ1n) is 6.70. The minimum Gasteiger partial charge on any atom is -0.335 e. The maximum Gasteiger partial charge on any atom is 0.288 e. The molecule has 0 spiro atoms. The van der Waals surface area contributed by atoms with Gasteiger partial charge in [0.2, 0.25) is 0 Å². The van der Waals surface area contributed by atoms with Crippen molar-refractivity contribution in [3.05, 3.63) is 63.8 Å². The number of carbonyl (C=O) groups excluding carboxylic acids is 1. The molecule has 1 unspecified atom stereocenters. The van der Waals surface area contributed by atoms with Crippen LogP contribution in [0.1, 0.15) is 22.1 Å². The van der Waals surface area contributed by atoms with Gasteiger partial charge in [-0.05, 0) is 5.56 Å². The summed E-state index contributed by atoms with van der Waals surface area (Å²) in [6.07, 6.45) is 0.880. The Balaban J connectivity index is 2.11. The van der Waals surface area contributed by atoms with Crippen molar-refractivity contribution in [3.8, 4) is 0 Å². The molecule has 0 N–H and O–H groups in total. The molecule has 2 heterocycles. The number of nitrogens with zero attached hydrogens (tertiary/aromatic N) is 4. The number of hydrogen-bond donors (Lipinski definition) is 0. The average Bonchev–Trinajstić information content (AvgIpc) is 2.53. The number of anilines is 1. The Kier molecular flexibility index (Phi) is 3.25. The largest absolute Gasteiger partial charge is 0.335 e. The van der Waals surface area contributed by atoms with Gasteiger partial charge < -0.3 is 9.80 Å². The molecule has 1 atom stereocenters. The minimum absolute atomic E-state index is 0.188. The molecule has 0 bridgehead atoms. The van der Waals surface area contributed by atoms with E-state index in [4.69, 9.17) is 0 Å². The van der Waals surface area contributed by atoms with Crippen LogP contribution in [-0.4, -0.2) is 34.8 Å². The summed E-state index contributed by atoms with van der Waals surface area (Å²) in [5, 5.41) is 10.9. The van der Waals surface area contributed by atoms with E-state index in [9.17, 15) is 14.9 Å². The molecule has 1 aromatic heterocycles. The number of hydrogen-bond acceptors (Lipinski definition) is 5. The summed E-state index contributed by atoms with van der Waals surface area (Å²) in [7, 11) is 3.50. The molecular weight excluding hydrogens is 284 g/mol. The van der Waals surface area contributed by atoms with Crippen molar-refractivity contribution in [1.29, 1.82) is 0 Å². The van der Waals surface area contributed by atoms with Crippen LogP contribution in [0.15, 0.2) is 42.6 Å². The van der Waals surface area contributed by atoms with Gasteiger partial charge in [-0.2, -0.15) is 0 Å². The summed E-state index contributed by atoms with van der Waals surface area (Å²) in [5.74, 6) is 0.167. The standard InChI is InChI=1S/C15H14N4O3/c1-17-13-12(8-11(9-16-13)19(21)22)15(20)18(2)14(17)10-6-4-3-5-7-10/h3-9,14H,1-2H3. The third kappa shape index (κ3) is 2.07. The molecule has 7 heteroatoms. The van der Waals surface area contributed by atoms with E-state index in [1.54, 1.807) is 11.9 Å². The smallest absolute Gasteiger partial charge is 0.288 e. The first-order chi connectivity index (χ1) is 10.5. The molecule has 0 saturated heterocycles. The zero-order chi connectivity index (χ0) is 15.9. The molecule has 2 aromatic rings. The van der Waals surface area contributed by atoms with Crippen LogP contribution in [0.3, 0.4) is 0 Å². The summed E-state index contributed by atoms with van der Waals surface area (Å²) in [5.41, 5.74) is 1.00. The first-order valence-corrected chi connectivity index (χ1v) is 6.70. The van der Waals surface area contributed by atoms with Crippen molar-refractivity contribution < 1.29 is 9.72 Å². The number of fused-ring (bicyclic) bond motifs is 1. The van der Waals surface area contributed by atoms with E-state index in [0.29, 0.717) is 5.82 Å². The van der Waals surface area contributed by atoms with Gasteiger partial charge in [-0.25, -0.2) is 4.98 Å². The summed E-state index contributed by atoms with van der Waals surface area (Å²) in [6, 6.07) is 10.9. The van der Waals surface area contributed by atoms with E-state index < -0.39 is 4.92 Å². The second-order valence-electron chi connectivity index (χ2n) is 5.13. The highest BCUT2D eigenvalue weighted by Gasteiger charge is 2.36. The third-order valence-electron chi connectivity index (χ3n) is 3.78. The minimum atomic E-state index is -0.552. The number of carbonyl (C=O) groups is 1. The first kappa shape index (κ1) is 14.0. The van der Waals surface area contributed by atoms with Crippen molar-refractivity contribution >= 4 is 17.4 Å². The summed E-state index contributed by atoms with van der Waals surface area (Å²) in [4.78, 5) is 30.4. The van der Waals surface area contributed by atoms with Gasteiger partial charge in [0.15, 0.2) is 0 Å². The molecule has 0 fully saturated rings. The molecule has 22 heavy (non-hydrogen) atoms. The fourth-order valence-electron chi connectivity index (χ4n) is 2.73. The number of nitro groups is 1. The molecular formula is C15H14N4O3. The van der Waals surface area contributed by atoms with Gasteiger partial charge in [-0.3, -0.25) is 14.9 Å². The monoisotopic (exact) mass is 298 g/mol. The van der Waals surface area contributed by atoms with Crippen LogP contribution in [0.2, 0.25) is 0 Å². The van der Waals surface area contributed by atoms with Crippen LogP contribution in [0, 0.1) is 10.1 Å². The average molecular weight is 298 g/mol. The predicted molar refractivity (Wildman–Crippen MR) is 80.6 cm³/mol. The SMILES string of the molecule is CN1C(=O)c2cc([N+](=O)[O-])cnc2N(C)C1c1ccccc1. The summed E-state index contributed by atoms with van der Waals surface area (Å²) >= 11 is 0. The van der Waals surface area contributed by atoms with E-state index in [-0.39, 0.29) is 23.3 Å². The fraction of sp³-hybridized carbons (Fsp3) is 0.200. The lowest BCUT2D eigenvalue weighted by Gasteiger charge is -2.41. The van der Waals surface area contributed by atoms with E-state index in [1.165, 1.54) is 12.3 Å². The highest BCUT2D eigenvalue weighted by Crippen LogP contribution is 2.36. The maximum absolute atomic E-state index is 12.6. The Labute approximate surface area is 126 Å². The zero-order valence-electron chi connectivity index (χ0n) is 12.1. The molecule has 3 rings (SSSR count). The van der Waals surface area contributed by atoms with Gasteiger partial charge in [-0.1, -0.05) is 30.3 Å². The fourth-order valence-corrected chi connectivity index (χ4v) is 2.73. The zero-order valence-corrected chi connectivity index (χ0v) is 12.1. The van der Waals surface area contributed by atoms with E-state index in [0.717, 1.165) is 5.56 Å². The molecule has 1 aliphatic heterocycles. The van der Waals surface area contributed by atoms with Crippen molar-refractivity contribution in [3.63, 3.8) is 0 Å². The second-order valence-corrected chi connectivity index (χ2v) is 5.13. The molecule has 1 aliphatic rings. The molecule has 7 nitrogen and oxygen atoms in total. The van der Waals surface area contributed by atoms with Crippen molar-refractivity contribution in [2.45, 2.75) is 6.17 Å². The van der Waals surface area contributed by atoms with Gasteiger partial charge in [0.1, 0.15) is 18.2 Å². The van der Waals surface area contributed by atoms with Crippen LogP contribution >= 0.6 is 0 Å². The number of rotatable bonds is 2. The van der Waals surface area contributed by atoms with Crippen LogP contribution in [0.4, 0.5) is 11.5 Å². The quantitative estimate of drug-likeness (QED) is 0.627. The lowest BCUT2D eigenvalue weighted by molar-refractivity contribution is -0.385. The normalized spacial score (nSPS) is 17.4. The Morgan fingerprint density at radius 1 is 1.18 bits per heavy atom. The Bertz CT molecular complexity index is 748. The summed E-state index contributed by atoms with van der Waals surface area (Å²) in [6.45, 7) is 0. The highest BCUT2D eigenvalue weighted by molar-refractivity contribution is 6.01. The number of amides is 1. The lowest BCUT2D eigenvalue weighted by atomic mass is 10.1. The third-order valence-corrected chi connectivity index (χ3v) is 3.78. The molecule has 0 saturated carbocycles. The van der Waals surface area contributed by atoms with Crippen molar-refractivity contribution in [2.75, 3.05) is 19.0 Å². The van der Waals surface area contributed by atoms with Crippen LogP contribution in [0.25, 0.3) is 0 Å². The van der Waals surface area contributed by atoms with Gasteiger partial charge in [0, 0.05) is 20.2 Å². The Morgan fingerprint density at radius 3 is 2.50 bits per heavy atom. The molecule has 1 aromatic carbocycles. The van der Waals surface area contributed by atoms with Crippen LogP contribution < -0.4 is 4.90 Å². The van der Waals surface area contributed by atoms with Gasteiger partial charge in [0.05, 0.1) is 10.5 Å². The van der Waals surface area contributed by atoms with E-state index in [2.05, 4.69) is 4.98 Å². The Hall–Kier alpha value is -2.96. The van der Waals surface area contributed by atoms with E-state index >= 15 is 0 Å². The van der Waals surface area contributed by atoms with E-state index in [1.807, 2.05) is 42.3 Å². The van der Waals surface area contributed by atoms with Crippen LogP contribution in [0.5, 0.6) is 0 Å². The summed E-state index contributed by atoms with van der Waals surface area (Å²) < 4.78 is 0. The second kappa shape index (κ2) is 5.10. The number of aromatic nitrogens is 1. The molecule has 0 radical (unpaired) electrons. The van der Waals surface area contributed by atoms with Crippen LogP contribution in [-0.2, 0) is 0 Å². The number of pyridine rings is 1. The molecule has 0 aliphatic carbocycles. The lowest BCUT2D eigenvalue weighted by Crippen LogP contribution is -2.46.